The largest absolute Gasteiger partial charge is 0.381 e. The molecule has 3 rings (SSSR count). The Morgan fingerprint density at radius 1 is 1.26 bits per heavy atom. The van der Waals surface area contributed by atoms with Crippen LogP contribution in [-0.4, -0.2) is 43.8 Å². The van der Waals surface area contributed by atoms with Gasteiger partial charge in [0.15, 0.2) is 0 Å². The second kappa shape index (κ2) is 7.35. The summed E-state index contributed by atoms with van der Waals surface area (Å²) >= 11 is 0. The van der Waals surface area contributed by atoms with Crippen LogP contribution in [0.4, 0.5) is 4.79 Å². The van der Waals surface area contributed by atoms with Crippen LogP contribution in [0.15, 0.2) is 30.3 Å². The van der Waals surface area contributed by atoms with Gasteiger partial charge >= 0.3 is 6.03 Å². The Labute approximate surface area is 139 Å². The second-order valence-electron chi connectivity index (χ2n) is 7.12. The van der Waals surface area contributed by atoms with Crippen molar-refractivity contribution in [1.82, 2.24) is 10.2 Å². The number of nitrogens with one attached hydrogen (secondary N) is 1. The minimum absolute atomic E-state index is 0.105. The molecule has 2 saturated heterocycles. The molecule has 0 aliphatic carbocycles. The Balaban J connectivity index is 1.41. The molecule has 0 aromatic heterocycles. The molecular formula is C19H28N2O2. The number of benzene rings is 1. The molecule has 4 heteroatoms. The van der Waals surface area contributed by atoms with Crippen molar-refractivity contribution in [3.8, 4) is 0 Å². The fraction of sp³-hybridized carbons (Fsp3) is 0.632. The highest BCUT2D eigenvalue weighted by Crippen LogP contribution is 2.39. The Bertz CT molecular complexity index is 511. The molecule has 2 heterocycles. The van der Waals surface area contributed by atoms with E-state index in [2.05, 4.69) is 36.5 Å². The Hall–Kier alpha value is -1.55. The zero-order chi connectivity index (χ0) is 16.1. The van der Waals surface area contributed by atoms with E-state index < -0.39 is 0 Å². The van der Waals surface area contributed by atoms with Gasteiger partial charge in [-0.15, -0.1) is 0 Å². The van der Waals surface area contributed by atoms with Gasteiger partial charge in [-0.05, 0) is 42.6 Å². The van der Waals surface area contributed by atoms with Gasteiger partial charge in [0.25, 0.3) is 0 Å². The molecule has 23 heavy (non-hydrogen) atoms. The number of likely N-dealkylation sites (tertiary alicyclic amines) is 1. The van der Waals surface area contributed by atoms with Crippen molar-refractivity contribution in [2.45, 2.75) is 38.5 Å². The van der Waals surface area contributed by atoms with Gasteiger partial charge in [-0.25, -0.2) is 4.79 Å². The minimum atomic E-state index is 0.105. The lowest BCUT2D eigenvalue weighted by atomic mass is 9.80. The molecule has 2 aliphatic rings. The van der Waals surface area contributed by atoms with Crippen LogP contribution in [0.2, 0.25) is 0 Å². The molecule has 1 aromatic rings. The smallest absolute Gasteiger partial charge is 0.317 e. The van der Waals surface area contributed by atoms with Crippen LogP contribution in [0.25, 0.3) is 0 Å². The molecule has 0 unspecified atom stereocenters. The van der Waals surface area contributed by atoms with Crippen molar-refractivity contribution < 1.29 is 9.53 Å². The lowest BCUT2D eigenvalue weighted by Crippen LogP contribution is -2.41. The predicted molar refractivity (Wildman–Crippen MR) is 91.5 cm³/mol. The molecule has 2 amide bonds. The first-order chi connectivity index (χ1) is 11.2. The highest BCUT2D eigenvalue weighted by atomic mass is 16.5. The third-order valence-corrected chi connectivity index (χ3v) is 5.50. The first kappa shape index (κ1) is 16.3. The summed E-state index contributed by atoms with van der Waals surface area (Å²) in [6.07, 6.45) is 4.30. The number of carbonyl (C=O) groups is 1. The highest BCUT2D eigenvalue weighted by molar-refractivity contribution is 5.74. The molecule has 1 atom stereocenters. The molecule has 126 valence electrons. The summed E-state index contributed by atoms with van der Waals surface area (Å²) in [5.41, 5.74) is 1.66. The molecular weight excluding hydrogens is 288 g/mol. The van der Waals surface area contributed by atoms with Gasteiger partial charge in [0.05, 0.1) is 0 Å². The van der Waals surface area contributed by atoms with Crippen molar-refractivity contribution >= 4 is 6.03 Å². The molecule has 0 radical (unpaired) electrons. The van der Waals surface area contributed by atoms with Gasteiger partial charge < -0.3 is 15.0 Å². The van der Waals surface area contributed by atoms with Crippen LogP contribution in [0.5, 0.6) is 0 Å². The summed E-state index contributed by atoms with van der Waals surface area (Å²) in [5, 5.41) is 3.10. The molecule has 1 spiro atoms. The van der Waals surface area contributed by atoms with Crippen LogP contribution in [-0.2, 0) is 4.74 Å². The number of urea groups is 1. The van der Waals surface area contributed by atoms with E-state index in [1.165, 1.54) is 5.56 Å². The fourth-order valence-electron chi connectivity index (χ4n) is 3.78. The van der Waals surface area contributed by atoms with Crippen molar-refractivity contribution in [3.05, 3.63) is 35.9 Å². The third kappa shape index (κ3) is 4.05. The maximum Gasteiger partial charge on any atom is 0.317 e. The number of hydrogen-bond acceptors (Lipinski definition) is 2. The Morgan fingerprint density at radius 2 is 2.00 bits per heavy atom. The number of rotatable bonds is 4. The number of nitrogens with zero attached hydrogens (tertiary/aromatic N) is 1. The minimum Gasteiger partial charge on any atom is -0.381 e. The fourth-order valence-corrected chi connectivity index (χ4v) is 3.78. The molecule has 1 aromatic carbocycles. The van der Waals surface area contributed by atoms with Crippen LogP contribution in [0.1, 0.15) is 44.1 Å². The zero-order valence-corrected chi connectivity index (χ0v) is 14.1. The van der Waals surface area contributed by atoms with E-state index in [0.717, 1.165) is 58.5 Å². The standard InChI is InChI=1S/C19H28N2O2/c1-16(17-5-3-2-4-6-17)7-11-20-18(22)21-12-8-19(15-21)9-13-23-14-10-19/h2-6,16H,7-15H2,1H3,(H,20,22)/t16-/m1/s1. The van der Waals surface area contributed by atoms with E-state index in [4.69, 9.17) is 4.74 Å². The maximum absolute atomic E-state index is 12.4. The SMILES string of the molecule is C[C@H](CCNC(=O)N1CCC2(CCOCC2)C1)c1ccccc1. The molecule has 4 nitrogen and oxygen atoms in total. The van der Waals surface area contributed by atoms with Gasteiger partial charge in [0.2, 0.25) is 0 Å². The summed E-state index contributed by atoms with van der Waals surface area (Å²) in [7, 11) is 0. The van der Waals surface area contributed by atoms with Gasteiger partial charge in [0, 0.05) is 32.8 Å². The monoisotopic (exact) mass is 316 g/mol. The van der Waals surface area contributed by atoms with Crippen LogP contribution in [0.3, 0.4) is 0 Å². The van der Waals surface area contributed by atoms with Crippen molar-refractivity contribution in [3.63, 3.8) is 0 Å². The lowest BCUT2D eigenvalue weighted by Gasteiger charge is -2.33. The Morgan fingerprint density at radius 3 is 2.74 bits per heavy atom. The molecule has 0 saturated carbocycles. The van der Waals surface area contributed by atoms with Crippen LogP contribution >= 0.6 is 0 Å². The number of hydrogen-bond donors (Lipinski definition) is 1. The topological polar surface area (TPSA) is 41.6 Å². The maximum atomic E-state index is 12.4. The van der Waals surface area contributed by atoms with Gasteiger partial charge in [0.1, 0.15) is 0 Å². The number of carbonyl (C=O) groups excluding carboxylic acids is 1. The summed E-state index contributed by atoms with van der Waals surface area (Å²) in [5.74, 6) is 0.469. The van der Waals surface area contributed by atoms with Crippen LogP contribution in [0, 0.1) is 5.41 Å². The predicted octanol–water partition coefficient (Wildman–Crippen LogP) is 3.39. The molecule has 1 N–H and O–H groups in total. The first-order valence-corrected chi connectivity index (χ1v) is 8.84. The van der Waals surface area contributed by atoms with Crippen molar-refractivity contribution in [2.75, 3.05) is 32.8 Å². The van der Waals surface area contributed by atoms with Gasteiger partial charge in [-0.2, -0.15) is 0 Å². The third-order valence-electron chi connectivity index (χ3n) is 5.50. The average Bonchev–Trinajstić information content (AvgIpc) is 2.99. The van der Waals surface area contributed by atoms with Gasteiger partial charge in [-0.1, -0.05) is 37.3 Å². The van der Waals surface area contributed by atoms with Crippen LogP contribution < -0.4 is 5.32 Å². The highest BCUT2D eigenvalue weighted by Gasteiger charge is 2.40. The normalized spacial score (nSPS) is 21.3. The van der Waals surface area contributed by atoms with Crippen molar-refractivity contribution in [2.24, 2.45) is 5.41 Å². The summed E-state index contributed by atoms with van der Waals surface area (Å²) in [6, 6.07) is 10.6. The van der Waals surface area contributed by atoms with Crippen molar-refractivity contribution in [1.29, 1.82) is 0 Å². The van der Waals surface area contributed by atoms with E-state index in [1.807, 2.05) is 11.0 Å². The second-order valence-corrected chi connectivity index (χ2v) is 7.12. The van der Waals surface area contributed by atoms with E-state index in [-0.39, 0.29) is 6.03 Å². The van der Waals surface area contributed by atoms with E-state index in [9.17, 15) is 4.79 Å². The van der Waals surface area contributed by atoms with E-state index >= 15 is 0 Å². The molecule has 0 bridgehead atoms. The summed E-state index contributed by atoms with van der Waals surface area (Å²) in [6.45, 7) is 6.44. The average molecular weight is 316 g/mol. The zero-order valence-electron chi connectivity index (χ0n) is 14.1. The molecule has 2 aliphatic heterocycles. The summed E-state index contributed by atoms with van der Waals surface area (Å²) < 4.78 is 5.47. The first-order valence-electron chi connectivity index (χ1n) is 8.84. The Kier molecular flexibility index (Phi) is 5.21. The van der Waals surface area contributed by atoms with E-state index in [1.54, 1.807) is 0 Å². The number of ether oxygens (including phenoxy) is 1. The lowest BCUT2D eigenvalue weighted by molar-refractivity contribution is 0.0209. The quantitative estimate of drug-likeness (QED) is 0.925. The summed E-state index contributed by atoms with van der Waals surface area (Å²) in [4.78, 5) is 14.4. The number of amides is 2. The van der Waals surface area contributed by atoms with E-state index in [0.29, 0.717) is 11.3 Å². The molecule has 2 fully saturated rings. The van der Waals surface area contributed by atoms with Gasteiger partial charge in [-0.3, -0.25) is 0 Å².